The van der Waals surface area contributed by atoms with Crippen molar-refractivity contribution in [3.8, 4) is 0 Å². The molecule has 0 aromatic heterocycles. The minimum atomic E-state index is 0.588. The average Bonchev–Trinajstić information content (AvgIpc) is 2.14. The van der Waals surface area contributed by atoms with Crippen LogP contribution in [0.1, 0.15) is 12.8 Å². The predicted octanol–water partition coefficient (Wildman–Crippen LogP) is -0.287. The molecule has 0 saturated carbocycles. The lowest BCUT2D eigenvalue weighted by molar-refractivity contribution is 0.700. The lowest BCUT2D eigenvalue weighted by Gasteiger charge is -1.81. The topological polar surface area (TPSA) is 29.1 Å². The Balaban J connectivity index is 2.57. The molecule has 0 aromatic carbocycles. The predicted molar refractivity (Wildman–Crippen MR) is 30.4 cm³/mol. The summed E-state index contributed by atoms with van der Waals surface area (Å²) in [6.07, 6.45) is 2.10. The van der Waals surface area contributed by atoms with Crippen molar-refractivity contribution in [2.45, 2.75) is 12.8 Å². The molecule has 0 atom stereocenters. The minimum Gasteiger partial charge on any atom is -0.281 e. The highest BCUT2D eigenvalue weighted by atomic mass is 32.1. The fraction of sp³-hybridized carbons (Fsp3) is 0.750. The van der Waals surface area contributed by atoms with E-state index in [0.29, 0.717) is 11.3 Å². The van der Waals surface area contributed by atoms with Gasteiger partial charge in [-0.1, -0.05) is 0 Å². The summed E-state index contributed by atoms with van der Waals surface area (Å²) in [5.41, 5.74) is 0. The van der Waals surface area contributed by atoms with Gasteiger partial charge in [-0.3, -0.25) is 5.32 Å². The summed E-state index contributed by atoms with van der Waals surface area (Å²) in [5, 5.41) is 2.97. The molecular weight excluding hydrogens is 110 g/mol. The van der Waals surface area contributed by atoms with Crippen molar-refractivity contribution in [1.82, 2.24) is 5.32 Å². The van der Waals surface area contributed by atoms with Crippen LogP contribution in [-0.2, 0) is 11.3 Å². The maximum Gasteiger partial charge on any atom is 0.104 e. The van der Waals surface area contributed by atoms with Crippen LogP contribution >= 0.6 is 0 Å². The first kappa shape index (κ1) is 5.00. The van der Waals surface area contributed by atoms with E-state index in [1.54, 1.807) is 0 Å². The Labute approximate surface area is 46.0 Å². The molecular formula is C4H7NOS. The molecule has 0 aromatic rings. The molecule has 40 valence electrons. The summed E-state index contributed by atoms with van der Waals surface area (Å²) in [7, 11) is 0. The number of hydrogen-bond donors (Lipinski definition) is 1. The van der Waals surface area contributed by atoms with Gasteiger partial charge in [0, 0.05) is 6.54 Å². The van der Waals surface area contributed by atoms with Gasteiger partial charge in [-0.25, -0.2) is 4.21 Å². The SMILES string of the molecule is O=S=C1CCCN1. The molecule has 1 N–H and O–H groups in total. The van der Waals surface area contributed by atoms with E-state index >= 15 is 0 Å². The van der Waals surface area contributed by atoms with E-state index in [1.165, 1.54) is 0 Å². The summed E-state index contributed by atoms with van der Waals surface area (Å²) < 4.78 is 9.95. The van der Waals surface area contributed by atoms with Gasteiger partial charge in [0.15, 0.2) is 0 Å². The Bertz CT molecular complexity index is 109. The lowest BCUT2D eigenvalue weighted by Crippen LogP contribution is -2.12. The first-order chi connectivity index (χ1) is 3.43. The zero-order chi connectivity index (χ0) is 5.11. The highest BCUT2D eigenvalue weighted by Crippen LogP contribution is 1.94. The molecule has 1 aliphatic heterocycles. The molecule has 0 radical (unpaired) electrons. The van der Waals surface area contributed by atoms with Crippen molar-refractivity contribution < 1.29 is 4.21 Å². The van der Waals surface area contributed by atoms with Crippen LogP contribution in [0.15, 0.2) is 0 Å². The van der Waals surface area contributed by atoms with Crippen molar-refractivity contribution in [2.24, 2.45) is 0 Å². The van der Waals surface area contributed by atoms with Gasteiger partial charge < -0.3 is 0 Å². The molecule has 7 heavy (non-hydrogen) atoms. The van der Waals surface area contributed by atoms with Crippen LogP contribution in [0.25, 0.3) is 0 Å². The largest absolute Gasteiger partial charge is 0.281 e. The minimum absolute atomic E-state index is 0.588. The maximum atomic E-state index is 9.95. The van der Waals surface area contributed by atoms with Crippen molar-refractivity contribution in [3.63, 3.8) is 0 Å². The van der Waals surface area contributed by atoms with Gasteiger partial charge >= 0.3 is 0 Å². The van der Waals surface area contributed by atoms with E-state index < -0.39 is 0 Å². The van der Waals surface area contributed by atoms with Gasteiger partial charge in [0.05, 0.1) is 4.99 Å². The fourth-order valence-corrected chi connectivity index (χ4v) is 1.02. The Morgan fingerprint density at radius 3 is 2.86 bits per heavy atom. The van der Waals surface area contributed by atoms with Crippen LogP contribution in [-0.4, -0.2) is 15.7 Å². The van der Waals surface area contributed by atoms with Crippen LogP contribution in [0.3, 0.4) is 0 Å². The third-order valence-electron chi connectivity index (χ3n) is 1.00. The monoisotopic (exact) mass is 117 g/mol. The zero-order valence-corrected chi connectivity index (χ0v) is 4.75. The van der Waals surface area contributed by atoms with Gasteiger partial charge in [-0.2, -0.15) is 0 Å². The lowest BCUT2D eigenvalue weighted by atomic mass is 10.4. The molecule has 0 amide bonds. The van der Waals surface area contributed by atoms with Gasteiger partial charge in [-0.15, -0.1) is 0 Å². The average molecular weight is 117 g/mol. The molecule has 0 spiro atoms. The Morgan fingerprint density at radius 2 is 2.57 bits per heavy atom. The molecule has 0 unspecified atom stereocenters. The van der Waals surface area contributed by atoms with Gasteiger partial charge in [0.2, 0.25) is 0 Å². The molecule has 1 saturated heterocycles. The molecule has 1 heterocycles. The molecule has 1 fully saturated rings. The molecule has 1 aliphatic rings. The summed E-state index contributed by atoms with van der Waals surface area (Å²) >= 11 is 0.588. The highest BCUT2D eigenvalue weighted by molar-refractivity contribution is 7.66. The summed E-state index contributed by atoms with van der Waals surface area (Å²) in [5.74, 6) is 0. The van der Waals surface area contributed by atoms with Crippen LogP contribution in [0.2, 0.25) is 0 Å². The summed E-state index contributed by atoms with van der Waals surface area (Å²) in [4.78, 5) is 0.903. The van der Waals surface area contributed by atoms with E-state index in [2.05, 4.69) is 5.32 Å². The van der Waals surface area contributed by atoms with Crippen molar-refractivity contribution in [2.75, 3.05) is 6.54 Å². The first-order valence-electron chi connectivity index (χ1n) is 2.33. The standard InChI is InChI=1S/C4H7NOS/c6-7-4-2-1-3-5-4/h5H,1-3H2. The van der Waals surface area contributed by atoms with Crippen LogP contribution in [0.5, 0.6) is 0 Å². The highest BCUT2D eigenvalue weighted by Gasteiger charge is 2.03. The second-order valence-corrected chi connectivity index (χ2v) is 2.20. The second kappa shape index (κ2) is 2.23. The molecule has 0 aliphatic carbocycles. The van der Waals surface area contributed by atoms with E-state index in [4.69, 9.17) is 0 Å². The van der Waals surface area contributed by atoms with Crippen LogP contribution in [0.4, 0.5) is 0 Å². The van der Waals surface area contributed by atoms with Gasteiger partial charge in [-0.05, 0) is 12.8 Å². The number of rotatable bonds is 0. The zero-order valence-electron chi connectivity index (χ0n) is 3.94. The molecule has 3 heteroatoms. The van der Waals surface area contributed by atoms with Gasteiger partial charge in [0.1, 0.15) is 11.3 Å². The third kappa shape index (κ3) is 1.11. The Morgan fingerprint density at radius 1 is 1.71 bits per heavy atom. The maximum absolute atomic E-state index is 9.95. The van der Waals surface area contributed by atoms with Crippen LogP contribution in [0, 0.1) is 0 Å². The molecule has 0 bridgehead atoms. The first-order valence-corrected chi connectivity index (χ1v) is 3.07. The Kier molecular flexibility index (Phi) is 1.59. The number of nitrogens with one attached hydrogen (secondary N) is 1. The second-order valence-electron chi connectivity index (χ2n) is 1.54. The van der Waals surface area contributed by atoms with E-state index in [0.717, 1.165) is 24.4 Å². The van der Waals surface area contributed by atoms with Crippen molar-refractivity contribution >= 4 is 16.2 Å². The number of hydrogen-bond acceptors (Lipinski definition) is 1. The van der Waals surface area contributed by atoms with Crippen LogP contribution < -0.4 is 5.32 Å². The van der Waals surface area contributed by atoms with E-state index in [9.17, 15) is 4.21 Å². The van der Waals surface area contributed by atoms with Crippen molar-refractivity contribution in [1.29, 1.82) is 0 Å². The summed E-state index contributed by atoms with van der Waals surface area (Å²) in [6.45, 7) is 0.991. The van der Waals surface area contributed by atoms with E-state index in [1.807, 2.05) is 0 Å². The van der Waals surface area contributed by atoms with Crippen molar-refractivity contribution in [3.05, 3.63) is 0 Å². The quantitative estimate of drug-likeness (QED) is 0.442. The summed E-state index contributed by atoms with van der Waals surface area (Å²) in [6, 6.07) is 0. The Hall–Kier alpha value is -0.150. The fourth-order valence-electron chi connectivity index (χ4n) is 0.636. The van der Waals surface area contributed by atoms with E-state index in [-0.39, 0.29) is 0 Å². The smallest absolute Gasteiger partial charge is 0.104 e. The van der Waals surface area contributed by atoms with Gasteiger partial charge in [0.25, 0.3) is 0 Å². The normalized spacial score (nSPS) is 20.3. The third-order valence-corrected chi connectivity index (χ3v) is 1.55. The molecule has 1 rings (SSSR count). The molecule has 2 nitrogen and oxygen atoms in total.